The third kappa shape index (κ3) is 5.00. The second-order valence-electron chi connectivity index (χ2n) is 5.37. The fourth-order valence-corrected chi connectivity index (χ4v) is 2.43. The Kier molecular flexibility index (Phi) is 6.68. The Balaban J connectivity index is 2.90. The monoisotopic (exact) mass is 303 g/mol. The summed E-state index contributed by atoms with van der Waals surface area (Å²) in [4.78, 5) is 2.22. The minimum absolute atomic E-state index is 0.0220. The second-order valence-corrected chi connectivity index (χ2v) is 5.37. The Morgan fingerprint density at radius 3 is 2.14 bits per heavy atom. The van der Waals surface area contributed by atoms with Crippen LogP contribution in [-0.2, 0) is 6.18 Å². The van der Waals surface area contributed by atoms with Gasteiger partial charge in [-0.05, 0) is 44.4 Å². The maximum Gasteiger partial charge on any atom is 0.416 e. The summed E-state index contributed by atoms with van der Waals surface area (Å²) in [6.45, 7) is 7.01. The molecule has 0 aliphatic heterocycles. The van der Waals surface area contributed by atoms with Crippen molar-refractivity contribution in [1.82, 2.24) is 4.90 Å². The predicted molar refractivity (Wildman–Crippen MR) is 78.0 cm³/mol. The summed E-state index contributed by atoms with van der Waals surface area (Å²) < 4.78 is 37.8. The van der Waals surface area contributed by atoms with E-state index in [1.807, 2.05) is 6.92 Å². The number of aliphatic hydroxyl groups is 1. The molecule has 120 valence electrons. The zero-order chi connectivity index (χ0) is 16.0. The number of hydrogen-bond donors (Lipinski definition) is 1. The van der Waals surface area contributed by atoms with Gasteiger partial charge in [-0.15, -0.1) is 0 Å². The number of halogens is 3. The largest absolute Gasteiger partial charge is 0.416 e. The van der Waals surface area contributed by atoms with Gasteiger partial charge in [0.2, 0.25) is 0 Å². The first-order valence-electron chi connectivity index (χ1n) is 7.35. The van der Waals surface area contributed by atoms with Gasteiger partial charge in [-0.2, -0.15) is 13.2 Å². The number of nitrogens with zero attached hydrogens (tertiary/aromatic N) is 1. The topological polar surface area (TPSA) is 23.5 Å². The Bertz CT molecular complexity index is 417. The Labute approximate surface area is 124 Å². The van der Waals surface area contributed by atoms with Crippen molar-refractivity contribution in [2.75, 3.05) is 13.2 Å². The average Bonchev–Trinajstić information content (AvgIpc) is 2.46. The smallest absolute Gasteiger partial charge is 0.396 e. The van der Waals surface area contributed by atoms with Crippen LogP contribution in [0.4, 0.5) is 13.2 Å². The average molecular weight is 303 g/mol. The summed E-state index contributed by atoms with van der Waals surface area (Å²) in [6.07, 6.45) is -2.68. The Morgan fingerprint density at radius 2 is 1.71 bits per heavy atom. The SMILES string of the molecule is CC[C@H](C)N(CCCO)C(C)c1ccc(C(F)(F)F)cc1. The first kappa shape index (κ1) is 18.0. The molecule has 2 nitrogen and oxygen atoms in total. The highest BCUT2D eigenvalue weighted by Gasteiger charge is 2.30. The van der Waals surface area contributed by atoms with E-state index in [0.29, 0.717) is 12.5 Å². The van der Waals surface area contributed by atoms with Crippen molar-refractivity contribution in [3.05, 3.63) is 35.4 Å². The maximum atomic E-state index is 12.6. The number of rotatable bonds is 7. The molecule has 0 heterocycles. The molecule has 0 saturated carbocycles. The third-order valence-electron chi connectivity index (χ3n) is 3.95. The molecule has 0 saturated heterocycles. The van der Waals surface area contributed by atoms with Crippen molar-refractivity contribution in [3.8, 4) is 0 Å². The van der Waals surface area contributed by atoms with E-state index in [1.165, 1.54) is 0 Å². The number of alkyl halides is 3. The first-order chi connectivity index (χ1) is 9.81. The van der Waals surface area contributed by atoms with Crippen molar-refractivity contribution >= 4 is 0 Å². The lowest BCUT2D eigenvalue weighted by molar-refractivity contribution is -0.137. The van der Waals surface area contributed by atoms with Crippen molar-refractivity contribution in [2.24, 2.45) is 0 Å². The second kappa shape index (κ2) is 7.80. The zero-order valence-electron chi connectivity index (χ0n) is 12.8. The molecular formula is C16H24F3NO. The molecule has 1 aromatic rings. The van der Waals surface area contributed by atoms with Crippen molar-refractivity contribution in [1.29, 1.82) is 0 Å². The molecule has 0 fully saturated rings. The van der Waals surface area contributed by atoms with Crippen molar-refractivity contribution in [2.45, 2.75) is 51.9 Å². The van der Waals surface area contributed by atoms with Gasteiger partial charge in [0, 0.05) is 25.2 Å². The van der Waals surface area contributed by atoms with E-state index in [4.69, 9.17) is 5.11 Å². The molecule has 5 heteroatoms. The molecular weight excluding hydrogens is 279 g/mol. The lowest BCUT2D eigenvalue weighted by Crippen LogP contribution is -2.36. The first-order valence-corrected chi connectivity index (χ1v) is 7.35. The molecule has 1 N–H and O–H groups in total. The summed E-state index contributed by atoms with van der Waals surface area (Å²) in [6, 6.07) is 5.69. The van der Waals surface area contributed by atoms with Crippen LogP contribution in [0, 0.1) is 0 Å². The van der Waals surface area contributed by atoms with E-state index >= 15 is 0 Å². The van der Waals surface area contributed by atoms with E-state index in [2.05, 4.69) is 18.7 Å². The Morgan fingerprint density at radius 1 is 1.14 bits per heavy atom. The fourth-order valence-electron chi connectivity index (χ4n) is 2.43. The van der Waals surface area contributed by atoms with Gasteiger partial charge in [0.1, 0.15) is 0 Å². The van der Waals surface area contributed by atoms with E-state index in [0.717, 1.165) is 30.7 Å². The van der Waals surface area contributed by atoms with Crippen molar-refractivity contribution in [3.63, 3.8) is 0 Å². The van der Waals surface area contributed by atoms with Gasteiger partial charge >= 0.3 is 6.18 Å². The molecule has 0 radical (unpaired) electrons. The van der Waals surface area contributed by atoms with Gasteiger partial charge in [-0.1, -0.05) is 19.1 Å². The van der Waals surface area contributed by atoms with E-state index in [-0.39, 0.29) is 12.6 Å². The predicted octanol–water partition coefficient (Wildman–Crippen LogP) is 4.25. The summed E-state index contributed by atoms with van der Waals surface area (Å²) in [5.41, 5.74) is 0.241. The van der Waals surface area contributed by atoms with Gasteiger partial charge in [-0.25, -0.2) is 0 Å². The van der Waals surface area contributed by atoms with Crippen LogP contribution in [0.1, 0.15) is 50.8 Å². The molecule has 21 heavy (non-hydrogen) atoms. The third-order valence-corrected chi connectivity index (χ3v) is 3.95. The van der Waals surface area contributed by atoms with E-state index in [1.54, 1.807) is 12.1 Å². The highest BCUT2D eigenvalue weighted by molar-refractivity contribution is 5.26. The minimum Gasteiger partial charge on any atom is -0.396 e. The van der Waals surface area contributed by atoms with Gasteiger partial charge in [-0.3, -0.25) is 4.90 Å². The van der Waals surface area contributed by atoms with Crippen molar-refractivity contribution < 1.29 is 18.3 Å². The van der Waals surface area contributed by atoms with Gasteiger partial charge in [0.25, 0.3) is 0 Å². The lowest BCUT2D eigenvalue weighted by atomic mass is 10.0. The highest BCUT2D eigenvalue weighted by atomic mass is 19.4. The Hall–Kier alpha value is -1.07. The highest BCUT2D eigenvalue weighted by Crippen LogP contribution is 2.31. The summed E-state index contributed by atoms with van der Waals surface area (Å²) >= 11 is 0. The van der Waals surface area contributed by atoms with Crippen LogP contribution in [0.2, 0.25) is 0 Å². The molecule has 0 aliphatic rings. The van der Waals surface area contributed by atoms with Gasteiger partial charge < -0.3 is 5.11 Å². The van der Waals surface area contributed by atoms with Crippen LogP contribution in [-0.4, -0.2) is 29.2 Å². The van der Waals surface area contributed by atoms with Crippen LogP contribution >= 0.6 is 0 Å². The summed E-state index contributed by atoms with van der Waals surface area (Å²) in [5.74, 6) is 0. The lowest BCUT2D eigenvalue weighted by Gasteiger charge is -2.34. The number of hydrogen-bond acceptors (Lipinski definition) is 2. The molecule has 1 aromatic carbocycles. The number of benzene rings is 1. The standard InChI is InChI=1S/C16H24F3NO/c1-4-12(2)20(10-5-11-21)13(3)14-6-8-15(9-7-14)16(17,18)19/h6-9,12-13,21H,4-5,10-11H2,1-3H3/t12-,13?/m0/s1. The summed E-state index contributed by atoms with van der Waals surface area (Å²) in [7, 11) is 0. The van der Waals surface area contributed by atoms with Crippen LogP contribution in [0.3, 0.4) is 0 Å². The van der Waals surface area contributed by atoms with Gasteiger partial charge in [0.15, 0.2) is 0 Å². The molecule has 2 atom stereocenters. The molecule has 0 spiro atoms. The van der Waals surface area contributed by atoms with Gasteiger partial charge in [0.05, 0.1) is 5.56 Å². The zero-order valence-corrected chi connectivity index (χ0v) is 12.8. The normalized spacial score (nSPS) is 15.2. The maximum absolute atomic E-state index is 12.6. The molecule has 0 aliphatic carbocycles. The molecule has 0 aromatic heterocycles. The minimum atomic E-state index is -4.30. The fraction of sp³-hybridized carbons (Fsp3) is 0.625. The van der Waals surface area contributed by atoms with E-state index < -0.39 is 11.7 Å². The molecule has 0 bridgehead atoms. The van der Waals surface area contributed by atoms with Crippen LogP contribution in [0.15, 0.2) is 24.3 Å². The van der Waals surface area contributed by atoms with E-state index in [9.17, 15) is 13.2 Å². The molecule has 1 unspecified atom stereocenters. The van der Waals surface area contributed by atoms with Crippen LogP contribution < -0.4 is 0 Å². The number of aliphatic hydroxyl groups excluding tert-OH is 1. The molecule has 1 rings (SSSR count). The summed E-state index contributed by atoms with van der Waals surface area (Å²) in [5, 5.41) is 9.00. The molecule has 0 amide bonds. The van der Waals surface area contributed by atoms with Crippen LogP contribution in [0.5, 0.6) is 0 Å². The van der Waals surface area contributed by atoms with Crippen LogP contribution in [0.25, 0.3) is 0 Å². The quantitative estimate of drug-likeness (QED) is 0.814.